The Hall–Kier alpha value is -1.51. The molecule has 1 saturated carbocycles. The molecular weight excluding hydrogens is 202 g/mol. The van der Waals surface area contributed by atoms with Crippen molar-refractivity contribution in [2.45, 2.75) is 38.2 Å². The lowest BCUT2D eigenvalue weighted by Gasteiger charge is -2.26. The molecule has 0 amide bonds. The zero-order valence-corrected chi connectivity index (χ0v) is 9.48. The minimum atomic E-state index is -0.232. The van der Waals surface area contributed by atoms with Gasteiger partial charge in [-0.25, -0.2) is 0 Å². The minimum absolute atomic E-state index is 0.143. The van der Waals surface area contributed by atoms with E-state index >= 15 is 0 Å². The zero-order chi connectivity index (χ0) is 11.5. The van der Waals surface area contributed by atoms with Crippen molar-refractivity contribution in [1.82, 2.24) is 0 Å². The van der Waals surface area contributed by atoms with Gasteiger partial charge in [0.05, 0.1) is 5.92 Å². The lowest BCUT2D eigenvalue weighted by Crippen LogP contribution is -2.27. The van der Waals surface area contributed by atoms with Crippen LogP contribution in [0.4, 0.5) is 5.69 Å². The second kappa shape index (κ2) is 4.56. The van der Waals surface area contributed by atoms with Gasteiger partial charge in [-0.2, -0.15) is 0 Å². The second-order valence-corrected chi connectivity index (χ2v) is 4.38. The molecule has 86 valence electrons. The summed E-state index contributed by atoms with van der Waals surface area (Å²) >= 11 is 0. The van der Waals surface area contributed by atoms with Crippen LogP contribution in [-0.4, -0.2) is 12.1 Å². The molecule has 1 aliphatic carbocycles. The molecule has 0 radical (unpaired) electrons. The second-order valence-electron chi connectivity index (χ2n) is 4.38. The SMILES string of the molecule is CC(C(=O)OC1CCC1)c1cccc(N)c1. The minimum Gasteiger partial charge on any atom is -0.462 e. The van der Waals surface area contributed by atoms with Crippen LogP contribution >= 0.6 is 0 Å². The van der Waals surface area contributed by atoms with Crippen LogP contribution in [0.2, 0.25) is 0 Å². The van der Waals surface area contributed by atoms with Crippen molar-refractivity contribution in [3.63, 3.8) is 0 Å². The number of nitrogen functional groups attached to an aromatic ring is 1. The lowest BCUT2D eigenvalue weighted by molar-refractivity contribution is -0.154. The molecule has 0 spiro atoms. The normalized spacial score (nSPS) is 17.6. The molecule has 0 heterocycles. The summed E-state index contributed by atoms with van der Waals surface area (Å²) in [6, 6.07) is 7.40. The Balaban J connectivity index is 2.00. The number of hydrogen-bond donors (Lipinski definition) is 1. The molecule has 1 aliphatic rings. The molecule has 3 nitrogen and oxygen atoms in total. The molecule has 2 N–H and O–H groups in total. The van der Waals surface area contributed by atoms with E-state index in [-0.39, 0.29) is 18.0 Å². The Morgan fingerprint density at radius 2 is 2.25 bits per heavy atom. The smallest absolute Gasteiger partial charge is 0.313 e. The van der Waals surface area contributed by atoms with E-state index in [9.17, 15) is 4.79 Å². The molecule has 1 aromatic carbocycles. The van der Waals surface area contributed by atoms with Crippen molar-refractivity contribution in [2.24, 2.45) is 0 Å². The van der Waals surface area contributed by atoms with Crippen molar-refractivity contribution < 1.29 is 9.53 Å². The Kier molecular flexibility index (Phi) is 3.13. The monoisotopic (exact) mass is 219 g/mol. The van der Waals surface area contributed by atoms with Gasteiger partial charge in [0.1, 0.15) is 6.10 Å². The highest BCUT2D eigenvalue weighted by Gasteiger charge is 2.25. The van der Waals surface area contributed by atoms with Gasteiger partial charge in [-0.15, -0.1) is 0 Å². The quantitative estimate of drug-likeness (QED) is 0.627. The summed E-state index contributed by atoms with van der Waals surface area (Å²) in [7, 11) is 0. The predicted octanol–water partition coefficient (Wildman–Crippen LogP) is 2.47. The highest BCUT2D eigenvalue weighted by atomic mass is 16.5. The van der Waals surface area contributed by atoms with Gasteiger partial charge in [0, 0.05) is 5.69 Å². The van der Waals surface area contributed by atoms with Crippen LogP contribution < -0.4 is 5.73 Å². The Morgan fingerprint density at radius 3 is 2.81 bits per heavy atom. The first-order valence-electron chi connectivity index (χ1n) is 5.73. The number of rotatable bonds is 3. The molecule has 0 saturated heterocycles. The van der Waals surface area contributed by atoms with Crippen LogP contribution in [0.15, 0.2) is 24.3 Å². The summed E-state index contributed by atoms with van der Waals surface area (Å²) in [5.41, 5.74) is 7.28. The van der Waals surface area contributed by atoms with Crippen LogP contribution in [0.5, 0.6) is 0 Å². The number of hydrogen-bond acceptors (Lipinski definition) is 3. The van der Waals surface area contributed by atoms with Crippen molar-refractivity contribution in [3.8, 4) is 0 Å². The van der Waals surface area contributed by atoms with E-state index in [4.69, 9.17) is 10.5 Å². The van der Waals surface area contributed by atoms with E-state index in [2.05, 4.69) is 0 Å². The first-order valence-corrected chi connectivity index (χ1v) is 5.73. The van der Waals surface area contributed by atoms with Gasteiger partial charge in [-0.3, -0.25) is 4.79 Å². The summed E-state index contributed by atoms with van der Waals surface area (Å²) in [4.78, 5) is 11.8. The van der Waals surface area contributed by atoms with E-state index < -0.39 is 0 Å². The maximum Gasteiger partial charge on any atom is 0.313 e. The summed E-state index contributed by atoms with van der Waals surface area (Å²) in [5.74, 6) is -0.376. The standard InChI is InChI=1S/C13H17NO2/c1-9(10-4-2-5-11(14)8-10)13(15)16-12-6-3-7-12/h2,4-5,8-9,12H,3,6-7,14H2,1H3. The van der Waals surface area contributed by atoms with Gasteiger partial charge in [-0.1, -0.05) is 12.1 Å². The maximum absolute atomic E-state index is 11.8. The zero-order valence-electron chi connectivity index (χ0n) is 9.48. The lowest BCUT2D eigenvalue weighted by atomic mass is 9.95. The Labute approximate surface area is 95.6 Å². The van der Waals surface area contributed by atoms with Crippen LogP contribution in [0.1, 0.15) is 37.7 Å². The fraction of sp³-hybridized carbons (Fsp3) is 0.462. The number of carbonyl (C=O) groups excluding carboxylic acids is 1. The Bertz CT molecular complexity index is 385. The number of nitrogens with two attached hydrogens (primary N) is 1. The van der Waals surface area contributed by atoms with E-state index in [0.717, 1.165) is 18.4 Å². The number of anilines is 1. The van der Waals surface area contributed by atoms with Gasteiger partial charge < -0.3 is 10.5 Å². The van der Waals surface area contributed by atoms with Gasteiger partial charge in [0.15, 0.2) is 0 Å². The molecule has 1 unspecified atom stereocenters. The first kappa shape index (κ1) is 11.0. The molecule has 1 aromatic rings. The first-order chi connectivity index (χ1) is 7.66. The van der Waals surface area contributed by atoms with Crippen molar-refractivity contribution in [3.05, 3.63) is 29.8 Å². The van der Waals surface area contributed by atoms with Crippen LogP contribution in [0.3, 0.4) is 0 Å². The molecule has 1 atom stereocenters. The summed E-state index contributed by atoms with van der Waals surface area (Å²) in [5, 5.41) is 0. The van der Waals surface area contributed by atoms with Gasteiger partial charge >= 0.3 is 5.97 Å². The fourth-order valence-corrected chi connectivity index (χ4v) is 1.72. The molecule has 0 aliphatic heterocycles. The molecule has 3 heteroatoms. The molecule has 0 bridgehead atoms. The molecule has 16 heavy (non-hydrogen) atoms. The summed E-state index contributed by atoms with van der Waals surface area (Å²) < 4.78 is 5.36. The molecular formula is C13H17NO2. The highest BCUT2D eigenvalue weighted by Crippen LogP contribution is 2.26. The van der Waals surface area contributed by atoms with E-state index in [0.29, 0.717) is 5.69 Å². The van der Waals surface area contributed by atoms with Gasteiger partial charge in [0.2, 0.25) is 0 Å². The maximum atomic E-state index is 11.8. The molecule has 2 rings (SSSR count). The van der Waals surface area contributed by atoms with Crippen molar-refractivity contribution >= 4 is 11.7 Å². The highest BCUT2D eigenvalue weighted by molar-refractivity contribution is 5.78. The van der Waals surface area contributed by atoms with Crippen molar-refractivity contribution in [2.75, 3.05) is 5.73 Å². The van der Waals surface area contributed by atoms with E-state index in [1.54, 1.807) is 0 Å². The topological polar surface area (TPSA) is 52.3 Å². The van der Waals surface area contributed by atoms with Crippen LogP contribution in [-0.2, 0) is 9.53 Å². The van der Waals surface area contributed by atoms with Crippen LogP contribution in [0, 0.1) is 0 Å². The number of esters is 1. The van der Waals surface area contributed by atoms with Gasteiger partial charge in [-0.05, 0) is 43.9 Å². The average Bonchev–Trinajstić information content (AvgIpc) is 2.22. The third-order valence-corrected chi connectivity index (χ3v) is 3.10. The summed E-state index contributed by atoms with van der Waals surface area (Å²) in [6.07, 6.45) is 3.34. The van der Waals surface area contributed by atoms with Gasteiger partial charge in [0.25, 0.3) is 0 Å². The van der Waals surface area contributed by atoms with E-state index in [1.165, 1.54) is 6.42 Å². The number of carbonyl (C=O) groups is 1. The van der Waals surface area contributed by atoms with Crippen molar-refractivity contribution in [1.29, 1.82) is 0 Å². The summed E-state index contributed by atoms with van der Waals surface area (Å²) in [6.45, 7) is 1.86. The molecule has 0 aromatic heterocycles. The Morgan fingerprint density at radius 1 is 1.50 bits per heavy atom. The molecule has 1 fully saturated rings. The third kappa shape index (κ3) is 2.35. The van der Waals surface area contributed by atoms with E-state index in [1.807, 2.05) is 31.2 Å². The average molecular weight is 219 g/mol. The fourth-order valence-electron chi connectivity index (χ4n) is 1.72. The predicted molar refractivity (Wildman–Crippen MR) is 63.0 cm³/mol. The largest absolute Gasteiger partial charge is 0.462 e. The number of ether oxygens (including phenoxy) is 1. The van der Waals surface area contributed by atoms with Crippen LogP contribution in [0.25, 0.3) is 0 Å². The third-order valence-electron chi connectivity index (χ3n) is 3.10. The number of benzene rings is 1.